The molecule has 0 spiro atoms. The van der Waals surface area contributed by atoms with Crippen molar-refractivity contribution < 1.29 is 14.6 Å². The molecule has 0 aromatic heterocycles. The number of ether oxygens (including phenoxy) is 1. The summed E-state index contributed by atoms with van der Waals surface area (Å²) in [6.07, 6.45) is 4.83. The van der Waals surface area contributed by atoms with Crippen molar-refractivity contribution in [2.75, 3.05) is 26.2 Å². The van der Waals surface area contributed by atoms with Crippen LogP contribution >= 0.6 is 0 Å². The summed E-state index contributed by atoms with van der Waals surface area (Å²) in [5, 5.41) is 10.7. The van der Waals surface area contributed by atoms with E-state index in [0.717, 1.165) is 13.0 Å². The summed E-state index contributed by atoms with van der Waals surface area (Å²) in [4.78, 5) is 13.2. The molecule has 110 valence electrons. The molecule has 0 saturated carbocycles. The number of carboxylic acids is 1. The van der Waals surface area contributed by atoms with Crippen LogP contribution in [0.2, 0.25) is 0 Å². The highest BCUT2D eigenvalue weighted by Crippen LogP contribution is 2.18. The second-order valence-corrected chi connectivity index (χ2v) is 5.26. The van der Waals surface area contributed by atoms with Gasteiger partial charge in [-0.3, -0.25) is 0 Å². The summed E-state index contributed by atoms with van der Waals surface area (Å²) in [6.45, 7) is 4.08. The molecule has 20 heavy (non-hydrogen) atoms. The first-order valence-electron chi connectivity index (χ1n) is 7.38. The van der Waals surface area contributed by atoms with Crippen molar-refractivity contribution in [3.8, 4) is 5.75 Å². The van der Waals surface area contributed by atoms with E-state index in [-0.39, 0.29) is 6.42 Å². The van der Waals surface area contributed by atoms with Crippen molar-refractivity contribution in [1.29, 1.82) is 0 Å². The Labute approximate surface area is 120 Å². The Balaban J connectivity index is 1.74. The quantitative estimate of drug-likeness (QED) is 0.703. The molecule has 1 aliphatic rings. The summed E-state index contributed by atoms with van der Waals surface area (Å²) in [5.41, 5.74) is 0.686. The maximum Gasteiger partial charge on any atom is 0.122 e. The lowest BCUT2D eigenvalue weighted by Crippen LogP contribution is -2.31. The van der Waals surface area contributed by atoms with Crippen molar-refractivity contribution in [3.63, 3.8) is 0 Å². The van der Waals surface area contributed by atoms with Gasteiger partial charge < -0.3 is 19.5 Å². The van der Waals surface area contributed by atoms with E-state index >= 15 is 0 Å². The minimum Gasteiger partial charge on any atom is -0.550 e. The molecular weight excluding hydrogens is 254 g/mol. The molecular formula is C16H22NO3-. The van der Waals surface area contributed by atoms with Crippen molar-refractivity contribution in [2.24, 2.45) is 0 Å². The average Bonchev–Trinajstić information content (AvgIpc) is 2.46. The number of carbonyl (C=O) groups excluding carboxylic acids is 1. The molecule has 1 saturated heterocycles. The topological polar surface area (TPSA) is 52.6 Å². The number of carboxylic acid groups (broad SMARTS) is 1. The summed E-state index contributed by atoms with van der Waals surface area (Å²) < 4.78 is 5.71. The minimum absolute atomic E-state index is 0.0949. The van der Waals surface area contributed by atoms with Gasteiger partial charge in [0, 0.05) is 18.9 Å². The third-order valence-electron chi connectivity index (χ3n) is 3.63. The van der Waals surface area contributed by atoms with E-state index in [1.54, 1.807) is 6.07 Å². The predicted octanol–water partition coefficient (Wildman–Crippen LogP) is 1.23. The molecule has 0 aliphatic carbocycles. The van der Waals surface area contributed by atoms with E-state index in [9.17, 15) is 9.90 Å². The normalized spacial score (nSPS) is 16.0. The molecule has 0 amide bonds. The van der Waals surface area contributed by atoms with Gasteiger partial charge in [0.05, 0.1) is 6.61 Å². The molecule has 0 atom stereocenters. The van der Waals surface area contributed by atoms with Crippen LogP contribution in [-0.2, 0) is 11.2 Å². The zero-order valence-corrected chi connectivity index (χ0v) is 11.8. The molecule has 4 heteroatoms. The summed E-state index contributed by atoms with van der Waals surface area (Å²) >= 11 is 0. The van der Waals surface area contributed by atoms with E-state index < -0.39 is 5.97 Å². The number of rotatable bonds is 7. The van der Waals surface area contributed by atoms with Crippen molar-refractivity contribution >= 4 is 5.97 Å². The van der Waals surface area contributed by atoms with Gasteiger partial charge in [-0.15, -0.1) is 0 Å². The van der Waals surface area contributed by atoms with Gasteiger partial charge in [0.1, 0.15) is 5.75 Å². The van der Waals surface area contributed by atoms with Crippen LogP contribution in [-0.4, -0.2) is 37.1 Å². The molecule has 1 aromatic carbocycles. The van der Waals surface area contributed by atoms with Crippen molar-refractivity contribution in [1.82, 2.24) is 4.90 Å². The van der Waals surface area contributed by atoms with Crippen LogP contribution in [0.5, 0.6) is 5.75 Å². The molecule has 0 N–H and O–H groups in total. The molecule has 0 radical (unpaired) electrons. The first-order chi connectivity index (χ1) is 9.75. The average molecular weight is 276 g/mol. The number of benzene rings is 1. The first kappa shape index (κ1) is 14.9. The fraction of sp³-hybridized carbons (Fsp3) is 0.562. The minimum atomic E-state index is -1.07. The van der Waals surface area contributed by atoms with Crippen LogP contribution in [0, 0.1) is 0 Å². The monoisotopic (exact) mass is 276 g/mol. The molecule has 1 fully saturated rings. The Bertz CT molecular complexity index is 427. The maximum absolute atomic E-state index is 10.7. The summed E-state index contributed by atoms with van der Waals surface area (Å²) in [6, 6.07) is 7.27. The Morgan fingerprint density at radius 2 is 1.95 bits per heavy atom. The number of piperidine rings is 1. The number of likely N-dealkylation sites (tertiary alicyclic amines) is 1. The number of hydrogen-bond acceptors (Lipinski definition) is 4. The molecule has 4 nitrogen and oxygen atoms in total. The summed E-state index contributed by atoms with van der Waals surface area (Å²) in [5.74, 6) is -0.412. The second kappa shape index (κ2) is 7.90. The number of hydrogen-bond donors (Lipinski definition) is 0. The highest BCUT2D eigenvalue weighted by atomic mass is 16.5. The lowest BCUT2D eigenvalue weighted by Gasteiger charge is -2.26. The predicted molar refractivity (Wildman–Crippen MR) is 75.6 cm³/mol. The van der Waals surface area contributed by atoms with Crippen LogP contribution in [0.25, 0.3) is 0 Å². The highest BCUT2D eigenvalue weighted by molar-refractivity contribution is 5.69. The van der Waals surface area contributed by atoms with E-state index in [4.69, 9.17) is 4.74 Å². The Hall–Kier alpha value is -1.55. The van der Waals surface area contributed by atoms with Crippen molar-refractivity contribution in [2.45, 2.75) is 32.1 Å². The smallest absolute Gasteiger partial charge is 0.122 e. The zero-order chi connectivity index (χ0) is 14.2. The number of carbonyl (C=O) groups is 1. The molecule has 1 aliphatic heterocycles. The van der Waals surface area contributed by atoms with Gasteiger partial charge in [0.15, 0.2) is 0 Å². The largest absolute Gasteiger partial charge is 0.550 e. The summed E-state index contributed by atoms with van der Waals surface area (Å²) in [7, 11) is 0. The SMILES string of the molecule is O=C([O-])Cc1ccccc1OCCCN1CCCCC1. The molecule has 0 unspecified atom stereocenters. The van der Waals surface area contributed by atoms with Crippen LogP contribution in [0.3, 0.4) is 0 Å². The van der Waals surface area contributed by atoms with E-state index in [2.05, 4.69) is 4.90 Å². The van der Waals surface area contributed by atoms with Gasteiger partial charge in [-0.25, -0.2) is 0 Å². The maximum atomic E-state index is 10.7. The fourth-order valence-electron chi connectivity index (χ4n) is 2.60. The zero-order valence-electron chi connectivity index (χ0n) is 11.8. The van der Waals surface area contributed by atoms with Crippen LogP contribution in [0.4, 0.5) is 0 Å². The lowest BCUT2D eigenvalue weighted by molar-refractivity contribution is -0.304. The molecule has 0 bridgehead atoms. The Morgan fingerprint density at radius 3 is 2.70 bits per heavy atom. The van der Waals surface area contributed by atoms with Crippen LogP contribution in [0.15, 0.2) is 24.3 Å². The Kier molecular flexibility index (Phi) is 5.87. The van der Waals surface area contributed by atoms with Crippen LogP contribution in [0.1, 0.15) is 31.2 Å². The van der Waals surface area contributed by atoms with Crippen molar-refractivity contribution in [3.05, 3.63) is 29.8 Å². The van der Waals surface area contributed by atoms with Gasteiger partial charge in [0.25, 0.3) is 0 Å². The standard InChI is InChI=1S/C16H23NO3/c18-16(19)13-14-7-2-3-8-15(14)20-12-6-11-17-9-4-1-5-10-17/h2-3,7-8H,1,4-6,9-13H2,(H,18,19)/p-1. The lowest BCUT2D eigenvalue weighted by atomic mass is 10.1. The second-order valence-electron chi connectivity index (χ2n) is 5.26. The third-order valence-corrected chi connectivity index (χ3v) is 3.63. The Morgan fingerprint density at radius 1 is 1.20 bits per heavy atom. The van der Waals surface area contributed by atoms with Gasteiger partial charge in [0.2, 0.25) is 0 Å². The van der Waals surface area contributed by atoms with Gasteiger partial charge in [-0.2, -0.15) is 0 Å². The van der Waals surface area contributed by atoms with E-state index in [0.29, 0.717) is 17.9 Å². The van der Waals surface area contributed by atoms with Gasteiger partial charge >= 0.3 is 0 Å². The first-order valence-corrected chi connectivity index (χ1v) is 7.38. The number of nitrogens with zero attached hydrogens (tertiary/aromatic N) is 1. The van der Waals surface area contributed by atoms with Gasteiger partial charge in [-0.05, 0) is 44.0 Å². The highest BCUT2D eigenvalue weighted by Gasteiger charge is 2.09. The molecule has 1 aromatic rings. The van der Waals surface area contributed by atoms with E-state index in [1.165, 1.54) is 32.4 Å². The van der Waals surface area contributed by atoms with E-state index in [1.807, 2.05) is 18.2 Å². The molecule has 1 heterocycles. The fourth-order valence-corrected chi connectivity index (χ4v) is 2.60. The van der Waals surface area contributed by atoms with Crippen LogP contribution < -0.4 is 9.84 Å². The third kappa shape index (κ3) is 4.85. The molecule has 2 rings (SSSR count). The number of para-hydroxylation sites is 1. The van der Waals surface area contributed by atoms with Gasteiger partial charge in [-0.1, -0.05) is 24.6 Å². The number of aliphatic carboxylic acids is 1.